The van der Waals surface area contributed by atoms with Crippen molar-refractivity contribution in [2.24, 2.45) is 0 Å². The number of para-hydroxylation sites is 2. The molecule has 3 aromatic carbocycles. The fraction of sp³-hybridized carbons (Fsp3) is 0.130. The summed E-state index contributed by atoms with van der Waals surface area (Å²) in [6, 6.07) is 23.6. The second-order valence-electron chi connectivity index (χ2n) is 6.38. The lowest BCUT2D eigenvalue weighted by Crippen LogP contribution is -2.26. The Morgan fingerprint density at radius 2 is 1.46 bits per heavy atom. The number of nitrogens with one attached hydrogen (secondary N) is 1. The molecule has 3 aromatic rings. The van der Waals surface area contributed by atoms with Gasteiger partial charge in [-0.1, -0.05) is 42.5 Å². The summed E-state index contributed by atoms with van der Waals surface area (Å²) in [5.41, 5.74) is 2.66. The van der Waals surface area contributed by atoms with Crippen molar-refractivity contribution in [1.82, 2.24) is 4.90 Å². The Morgan fingerprint density at radius 3 is 2.14 bits per heavy atom. The van der Waals surface area contributed by atoms with Gasteiger partial charge in [-0.05, 0) is 42.0 Å². The first-order chi connectivity index (χ1) is 13.6. The maximum Gasteiger partial charge on any atom is 0.255 e. The maximum atomic E-state index is 12.6. The van der Waals surface area contributed by atoms with Crippen molar-refractivity contribution in [3.63, 3.8) is 0 Å². The fourth-order valence-corrected chi connectivity index (χ4v) is 2.86. The summed E-state index contributed by atoms with van der Waals surface area (Å²) in [6.45, 7) is 0.524. The van der Waals surface area contributed by atoms with Gasteiger partial charge in [-0.3, -0.25) is 9.59 Å². The molecule has 5 nitrogen and oxygen atoms in total. The van der Waals surface area contributed by atoms with Crippen LogP contribution >= 0.6 is 0 Å². The highest BCUT2D eigenvalue weighted by Crippen LogP contribution is 2.23. The first-order valence-electron chi connectivity index (χ1n) is 8.92. The number of benzene rings is 3. The molecule has 3 rings (SSSR count). The van der Waals surface area contributed by atoms with Gasteiger partial charge in [0.15, 0.2) is 0 Å². The van der Waals surface area contributed by atoms with Crippen LogP contribution in [-0.4, -0.2) is 30.9 Å². The van der Waals surface area contributed by atoms with Gasteiger partial charge in [0.1, 0.15) is 5.75 Å². The third-order valence-electron chi connectivity index (χ3n) is 4.36. The summed E-state index contributed by atoms with van der Waals surface area (Å²) >= 11 is 0. The molecule has 5 heteroatoms. The molecule has 142 valence electrons. The molecule has 0 aromatic heterocycles. The largest absolute Gasteiger partial charge is 0.495 e. The average molecular weight is 374 g/mol. The average Bonchev–Trinajstić information content (AvgIpc) is 2.74. The van der Waals surface area contributed by atoms with E-state index in [1.165, 1.54) is 0 Å². The highest BCUT2D eigenvalue weighted by Gasteiger charge is 2.14. The molecule has 0 heterocycles. The number of nitrogens with zero attached hydrogens (tertiary/aromatic N) is 1. The molecule has 0 aliphatic heterocycles. The van der Waals surface area contributed by atoms with Crippen LogP contribution in [0, 0.1) is 0 Å². The van der Waals surface area contributed by atoms with E-state index in [2.05, 4.69) is 5.32 Å². The predicted octanol–water partition coefficient (Wildman–Crippen LogP) is 4.22. The highest BCUT2D eigenvalue weighted by atomic mass is 16.5. The van der Waals surface area contributed by atoms with E-state index in [1.807, 2.05) is 42.5 Å². The molecule has 0 aliphatic rings. The van der Waals surface area contributed by atoms with E-state index >= 15 is 0 Å². The zero-order chi connectivity index (χ0) is 19.9. The van der Waals surface area contributed by atoms with Crippen molar-refractivity contribution in [3.8, 4) is 5.75 Å². The second kappa shape index (κ2) is 8.86. The van der Waals surface area contributed by atoms with Crippen molar-refractivity contribution in [2.75, 3.05) is 19.5 Å². The van der Waals surface area contributed by atoms with Gasteiger partial charge in [0, 0.05) is 24.7 Å². The van der Waals surface area contributed by atoms with Gasteiger partial charge in [0.2, 0.25) is 0 Å². The lowest BCUT2D eigenvalue weighted by atomic mass is 10.1. The molecule has 0 fully saturated rings. The highest BCUT2D eigenvalue weighted by molar-refractivity contribution is 6.05. The SMILES string of the molecule is COc1ccccc1NC(=O)c1ccc(C(=O)N(C)Cc2ccccc2)cc1. The summed E-state index contributed by atoms with van der Waals surface area (Å²) in [4.78, 5) is 26.7. The number of carbonyl (C=O) groups is 2. The fourth-order valence-electron chi connectivity index (χ4n) is 2.86. The summed E-state index contributed by atoms with van der Waals surface area (Å²) in [5, 5.41) is 2.82. The van der Waals surface area contributed by atoms with E-state index in [-0.39, 0.29) is 11.8 Å². The van der Waals surface area contributed by atoms with Crippen molar-refractivity contribution >= 4 is 17.5 Å². The molecule has 0 bridgehead atoms. The first-order valence-corrected chi connectivity index (χ1v) is 8.92. The van der Waals surface area contributed by atoms with Gasteiger partial charge in [-0.2, -0.15) is 0 Å². The third kappa shape index (κ3) is 4.57. The monoisotopic (exact) mass is 374 g/mol. The number of anilines is 1. The lowest BCUT2D eigenvalue weighted by molar-refractivity contribution is 0.0784. The van der Waals surface area contributed by atoms with Gasteiger partial charge >= 0.3 is 0 Å². The molecule has 0 saturated carbocycles. The first kappa shape index (κ1) is 19.2. The van der Waals surface area contributed by atoms with E-state index in [1.54, 1.807) is 55.5 Å². The van der Waals surface area contributed by atoms with Gasteiger partial charge in [-0.15, -0.1) is 0 Å². The Labute approximate surface area is 164 Å². The van der Waals surface area contributed by atoms with E-state index in [0.717, 1.165) is 5.56 Å². The van der Waals surface area contributed by atoms with Crippen LogP contribution in [-0.2, 0) is 6.54 Å². The van der Waals surface area contributed by atoms with E-state index < -0.39 is 0 Å². The topological polar surface area (TPSA) is 58.6 Å². The Hall–Kier alpha value is -3.60. The zero-order valence-corrected chi connectivity index (χ0v) is 15.9. The molecule has 0 aliphatic carbocycles. The smallest absolute Gasteiger partial charge is 0.255 e. The van der Waals surface area contributed by atoms with E-state index in [9.17, 15) is 9.59 Å². The van der Waals surface area contributed by atoms with Crippen LogP contribution in [0.25, 0.3) is 0 Å². The molecule has 0 radical (unpaired) electrons. The minimum absolute atomic E-state index is 0.0967. The summed E-state index contributed by atoms with van der Waals surface area (Å²) in [7, 11) is 3.31. The minimum atomic E-state index is -0.263. The maximum absolute atomic E-state index is 12.6. The van der Waals surface area contributed by atoms with E-state index in [4.69, 9.17) is 4.74 Å². The molecule has 0 saturated heterocycles. The van der Waals surface area contributed by atoms with Crippen LogP contribution in [0.1, 0.15) is 26.3 Å². The Kier molecular flexibility index (Phi) is 6.07. The van der Waals surface area contributed by atoms with Crippen LogP contribution in [0.3, 0.4) is 0 Å². The molecule has 0 atom stereocenters. The van der Waals surface area contributed by atoms with Crippen molar-refractivity contribution in [2.45, 2.75) is 6.54 Å². The van der Waals surface area contributed by atoms with Crippen LogP contribution in [0.15, 0.2) is 78.9 Å². The van der Waals surface area contributed by atoms with Gasteiger partial charge in [0.25, 0.3) is 11.8 Å². The molecule has 2 amide bonds. The van der Waals surface area contributed by atoms with Crippen molar-refractivity contribution in [1.29, 1.82) is 0 Å². The molecule has 0 spiro atoms. The Bertz CT molecular complexity index is 953. The van der Waals surface area contributed by atoms with Gasteiger partial charge < -0.3 is 15.0 Å². The van der Waals surface area contributed by atoms with E-state index in [0.29, 0.717) is 29.1 Å². The quantitative estimate of drug-likeness (QED) is 0.703. The predicted molar refractivity (Wildman–Crippen MR) is 110 cm³/mol. The molecule has 1 N–H and O–H groups in total. The van der Waals surface area contributed by atoms with Crippen molar-refractivity contribution in [3.05, 3.63) is 95.6 Å². The number of hydrogen-bond donors (Lipinski definition) is 1. The number of amides is 2. The Morgan fingerprint density at radius 1 is 0.857 bits per heavy atom. The number of rotatable bonds is 6. The summed E-state index contributed by atoms with van der Waals surface area (Å²) in [6.07, 6.45) is 0. The van der Waals surface area contributed by atoms with Crippen molar-refractivity contribution < 1.29 is 14.3 Å². The Balaban J connectivity index is 1.67. The number of hydrogen-bond acceptors (Lipinski definition) is 3. The standard InChI is InChI=1S/C23H22N2O3/c1-25(16-17-8-4-3-5-9-17)23(27)19-14-12-18(13-15-19)22(26)24-20-10-6-7-11-21(20)28-2/h3-15H,16H2,1-2H3,(H,24,26). The van der Waals surface area contributed by atoms with Gasteiger partial charge in [0.05, 0.1) is 12.8 Å². The zero-order valence-electron chi connectivity index (χ0n) is 15.9. The van der Waals surface area contributed by atoms with Crippen LogP contribution in [0.4, 0.5) is 5.69 Å². The molecule has 28 heavy (non-hydrogen) atoms. The van der Waals surface area contributed by atoms with Crippen LogP contribution in [0.2, 0.25) is 0 Å². The van der Waals surface area contributed by atoms with Crippen LogP contribution < -0.4 is 10.1 Å². The number of methoxy groups -OCH3 is 1. The lowest BCUT2D eigenvalue weighted by Gasteiger charge is -2.17. The second-order valence-corrected chi connectivity index (χ2v) is 6.38. The third-order valence-corrected chi connectivity index (χ3v) is 4.36. The molecular weight excluding hydrogens is 352 g/mol. The number of carbonyl (C=O) groups excluding carboxylic acids is 2. The summed E-state index contributed by atoms with van der Waals surface area (Å²) in [5.74, 6) is 0.229. The normalized spacial score (nSPS) is 10.2. The molecular formula is C23H22N2O3. The van der Waals surface area contributed by atoms with Crippen LogP contribution in [0.5, 0.6) is 5.75 Å². The van der Waals surface area contributed by atoms with Gasteiger partial charge in [-0.25, -0.2) is 0 Å². The molecule has 0 unspecified atom stereocenters. The minimum Gasteiger partial charge on any atom is -0.495 e. The number of ether oxygens (including phenoxy) is 1. The summed E-state index contributed by atoms with van der Waals surface area (Å²) < 4.78 is 5.24.